The lowest BCUT2D eigenvalue weighted by Gasteiger charge is -2.32. The number of ether oxygens (including phenoxy) is 3. The van der Waals surface area contributed by atoms with Crippen LogP contribution in [0.1, 0.15) is 48.8 Å². The molecule has 1 saturated carbocycles. The second-order valence-electron chi connectivity index (χ2n) is 10.3. The highest BCUT2D eigenvalue weighted by Crippen LogP contribution is 2.28. The summed E-state index contributed by atoms with van der Waals surface area (Å²) >= 11 is 0. The van der Waals surface area contributed by atoms with Crippen molar-refractivity contribution in [1.29, 1.82) is 0 Å². The Morgan fingerprint density at radius 3 is 2.25 bits per heavy atom. The van der Waals surface area contributed by atoms with Gasteiger partial charge in [0.25, 0.3) is 0 Å². The van der Waals surface area contributed by atoms with E-state index in [-0.39, 0.29) is 24.3 Å². The maximum Gasteiger partial charge on any atom is 0.243 e. The van der Waals surface area contributed by atoms with Crippen molar-refractivity contribution in [2.75, 3.05) is 21.3 Å². The molecule has 0 heterocycles. The molecular formula is C33H40N2O5. The van der Waals surface area contributed by atoms with Crippen molar-refractivity contribution >= 4 is 11.8 Å². The van der Waals surface area contributed by atoms with E-state index in [4.69, 9.17) is 14.2 Å². The third kappa shape index (κ3) is 7.78. The number of hydrogen-bond acceptors (Lipinski definition) is 5. The minimum Gasteiger partial charge on any atom is -0.497 e. The number of methoxy groups -OCH3 is 3. The molecule has 0 spiro atoms. The molecule has 3 aromatic carbocycles. The maximum atomic E-state index is 14.0. The summed E-state index contributed by atoms with van der Waals surface area (Å²) in [5.41, 5.74) is 2.88. The molecule has 1 aliphatic carbocycles. The van der Waals surface area contributed by atoms with Crippen LogP contribution in [0, 0.1) is 0 Å². The topological polar surface area (TPSA) is 77.1 Å². The molecule has 1 N–H and O–H groups in total. The van der Waals surface area contributed by atoms with Gasteiger partial charge in [0.2, 0.25) is 11.8 Å². The molecule has 1 fully saturated rings. The minimum atomic E-state index is -0.646. The van der Waals surface area contributed by atoms with Crippen LogP contribution in [-0.4, -0.2) is 50.1 Å². The van der Waals surface area contributed by atoms with Gasteiger partial charge in [0, 0.05) is 25.4 Å². The third-order valence-corrected chi connectivity index (χ3v) is 7.54. The van der Waals surface area contributed by atoms with Crippen LogP contribution < -0.4 is 19.5 Å². The van der Waals surface area contributed by atoms with Crippen molar-refractivity contribution in [3.05, 3.63) is 89.5 Å². The third-order valence-electron chi connectivity index (χ3n) is 7.54. The standard InChI is InChI=1S/C33H40N2O5/c1-38-28-15-9-12-26(20-28)23-35(32(36)19-17-25-16-18-30(39-2)31(22-25)40-3)29(21-24-10-5-4-6-11-24)33(37)34-27-13-7-8-14-27/h4-6,9-12,15-16,18,20,22,27,29H,7-8,13-14,17,19,21,23H2,1-3H3,(H,34,37)/t29-/m0/s1. The average molecular weight is 545 g/mol. The van der Waals surface area contributed by atoms with Crippen LogP contribution in [0.5, 0.6) is 17.2 Å². The van der Waals surface area contributed by atoms with E-state index < -0.39 is 6.04 Å². The van der Waals surface area contributed by atoms with Gasteiger partial charge in [-0.3, -0.25) is 9.59 Å². The number of nitrogens with one attached hydrogen (secondary N) is 1. The normalized spacial score (nSPS) is 13.9. The first-order valence-electron chi connectivity index (χ1n) is 14.0. The summed E-state index contributed by atoms with van der Waals surface area (Å²) < 4.78 is 16.2. The van der Waals surface area contributed by atoms with Crippen molar-refractivity contribution in [3.63, 3.8) is 0 Å². The Morgan fingerprint density at radius 2 is 1.55 bits per heavy atom. The fourth-order valence-electron chi connectivity index (χ4n) is 5.32. The van der Waals surface area contributed by atoms with E-state index in [1.54, 1.807) is 26.2 Å². The van der Waals surface area contributed by atoms with Crippen molar-refractivity contribution in [2.45, 2.75) is 63.6 Å². The van der Waals surface area contributed by atoms with Crippen LogP contribution in [0.15, 0.2) is 72.8 Å². The number of rotatable bonds is 13. The Hall–Kier alpha value is -4.00. The number of benzene rings is 3. The number of amides is 2. The van der Waals surface area contributed by atoms with Crippen LogP contribution in [-0.2, 0) is 29.0 Å². The van der Waals surface area contributed by atoms with E-state index in [1.165, 1.54) is 0 Å². The lowest BCUT2D eigenvalue weighted by molar-refractivity contribution is -0.141. The zero-order chi connectivity index (χ0) is 28.3. The molecule has 1 aliphatic rings. The first-order chi connectivity index (χ1) is 19.5. The zero-order valence-corrected chi connectivity index (χ0v) is 23.7. The van der Waals surface area contributed by atoms with Gasteiger partial charge in [-0.2, -0.15) is 0 Å². The van der Waals surface area contributed by atoms with Crippen molar-refractivity contribution in [1.82, 2.24) is 10.2 Å². The highest BCUT2D eigenvalue weighted by atomic mass is 16.5. The first kappa shape index (κ1) is 29.0. The summed E-state index contributed by atoms with van der Waals surface area (Å²) in [4.78, 5) is 29.6. The molecular weight excluding hydrogens is 504 g/mol. The second kappa shape index (κ2) is 14.4. The van der Waals surface area contributed by atoms with E-state index in [9.17, 15) is 9.59 Å². The fourth-order valence-corrected chi connectivity index (χ4v) is 5.32. The van der Waals surface area contributed by atoms with Crippen molar-refractivity contribution in [3.8, 4) is 17.2 Å². The number of carbonyl (C=O) groups is 2. The smallest absolute Gasteiger partial charge is 0.243 e. The predicted octanol–water partition coefficient (Wildman–Crippen LogP) is 5.34. The van der Waals surface area contributed by atoms with Crippen LogP contribution >= 0.6 is 0 Å². The van der Waals surface area contributed by atoms with E-state index in [0.717, 1.165) is 42.4 Å². The lowest BCUT2D eigenvalue weighted by Crippen LogP contribution is -2.52. The molecule has 212 valence electrons. The Labute approximate surface area is 237 Å². The Balaban J connectivity index is 1.62. The number of nitrogens with zero attached hydrogens (tertiary/aromatic N) is 1. The van der Waals surface area contributed by atoms with Gasteiger partial charge in [-0.1, -0.05) is 61.4 Å². The summed E-state index contributed by atoms with van der Waals surface area (Å²) in [6.45, 7) is 0.303. The molecule has 40 heavy (non-hydrogen) atoms. The van der Waals surface area contributed by atoms with Gasteiger partial charge in [-0.05, 0) is 60.2 Å². The van der Waals surface area contributed by atoms with Crippen LogP contribution in [0.4, 0.5) is 0 Å². The van der Waals surface area contributed by atoms with Crippen molar-refractivity contribution in [2.24, 2.45) is 0 Å². The van der Waals surface area contributed by atoms with Crippen LogP contribution in [0.3, 0.4) is 0 Å². The van der Waals surface area contributed by atoms with Gasteiger partial charge in [0.15, 0.2) is 11.5 Å². The van der Waals surface area contributed by atoms with Crippen molar-refractivity contribution < 1.29 is 23.8 Å². The lowest BCUT2D eigenvalue weighted by atomic mass is 10.0. The molecule has 2 amide bonds. The minimum absolute atomic E-state index is 0.0832. The van der Waals surface area contributed by atoms with Gasteiger partial charge in [0.05, 0.1) is 21.3 Å². The Morgan fingerprint density at radius 1 is 0.825 bits per heavy atom. The van der Waals surface area contributed by atoms with Gasteiger partial charge >= 0.3 is 0 Å². The van der Waals surface area contributed by atoms with Gasteiger partial charge in [-0.15, -0.1) is 0 Å². The highest BCUT2D eigenvalue weighted by molar-refractivity contribution is 5.88. The fraction of sp³-hybridized carbons (Fsp3) is 0.394. The molecule has 0 aliphatic heterocycles. The van der Waals surface area contributed by atoms with E-state index in [2.05, 4.69) is 5.32 Å². The summed E-state index contributed by atoms with van der Waals surface area (Å²) in [6, 6.07) is 22.8. The SMILES string of the molecule is COc1cccc(CN(C(=O)CCc2ccc(OC)c(OC)c2)[C@@H](Cc2ccccc2)C(=O)NC2CCCC2)c1. The van der Waals surface area contributed by atoms with E-state index in [1.807, 2.05) is 72.8 Å². The molecule has 0 unspecified atom stereocenters. The van der Waals surface area contributed by atoms with Gasteiger partial charge in [0.1, 0.15) is 11.8 Å². The number of aryl methyl sites for hydroxylation is 1. The molecule has 7 nitrogen and oxygen atoms in total. The monoisotopic (exact) mass is 544 g/mol. The van der Waals surface area contributed by atoms with E-state index in [0.29, 0.717) is 36.6 Å². The van der Waals surface area contributed by atoms with Crippen LogP contribution in [0.25, 0.3) is 0 Å². The summed E-state index contributed by atoms with van der Waals surface area (Å²) in [5, 5.41) is 3.26. The predicted molar refractivity (Wildman–Crippen MR) is 156 cm³/mol. The molecule has 0 radical (unpaired) electrons. The number of carbonyl (C=O) groups excluding carboxylic acids is 2. The molecule has 3 aromatic rings. The molecule has 7 heteroatoms. The Kier molecular flexibility index (Phi) is 10.4. The molecule has 0 bridgehead atoms. The first-order valence-corrected chi connectivity index (χ1v) is 14.0. The summed E-state index contributed by atoms with van der Waals surface area (Å²) in [7, 11) is 4.82. The van der Waals surface area contributed by atoms with Gasteiger partial charge in [-0.25, -0.2) is 0 Å². The molecule has 0 saturated heterocycles. The van der Waals surface area contributed by atoms with Gasteiger partial charge < -0.3 is 24.4 Å². The van der Waals surface area contributed by atoms with Crippen LogP contribution in [0.2, 0.25) is 0 Å². The number of hydrogen-bond donors (Lipinski definition) is 1. The highest BCUT2D eigenvalue weighted by Gasteiger charge is 2.32. The van der Waals surface area contributed by atoms with E-state index >= 15 is 0 Å². The second-order valence-corrected chi connectivity index (χ2v) is 10.3. The summed E-state index contributed by atoms with van der Waals surface area (Å²) in [6.07, 6.45) is 5.39. The molecule has 1 atom stereocenters. The average Bonchev–Trinajstić information content (AvgIpc) is 3.51. The quantitative estimate of drug-likeness (QED) is 0.314. The Bertz CT molecular complexity index is 1260. The largest absolute Gasteiger partial charge is 0.497 e. The summed E-state index contributed by atoms with van der Waals surface area (Å²) in [5.74, 6) is 1.80. The molecule has 4 rings (SSSR count). The maximum absolute atomic E-state index is 14.0. The molecule has 0 aromatic heterocycles. The zero-order valence-electron chi connectivity index (χ0n) is 23.7.